The van der Waals surface area contributed by atoms with Gasteiger partial charge in [0.25, 0.3) is 0 Å². The first-order valence-corrected chi connectivity index (χ1v) is 11.4. The zero-order chi connectivity index (χ0) is 21.7. The van der Waals surface area contributed by atoms with Crippen LogP contribution in [0.25, 0.3) is 0 Å². The molecule has 1 saturated heterocycles. The van der Waals surface area contributed by atoms with E-state index in [1.54, 1.807) is 0 Å². The van der Waals surface area contributed by atoms with E-state index in [0.29, 0.717) is 6.42 Å². The van der Waals surface area contributed by atoms with Gasteiger partial charge >= 0.3 is 0 Å². The molecule has 30 heavy (non-hydrogen) atoms. The number of nitrogens with zero attached hydrogens (tertiary/aromatic N) is 3. The van der Waals surface area contributed by atoms with Crippen molar-refractivity contribution in [1.29, 1.82) is 0 Å². The number of hydrogen-bond acceptors (Lipinski definition) is 6. The second kappa shape index (κ2) is 10.2. The molecule has 0 amide bonds. The first-order chi connectivity index (χ1) is 14.2. The van der Waals surface area contributed by atoms with E-state index >= 15 is 0 Å². The van der Waals surface area contributed by atoms with E-state index in [0.717, 1.165) is 56.8 Å². The molecule has 3 rings (SSSR count). The molecule has 1 aliphatic carbocycles. The summed E-state index contributed by atoms with van der Waals surface area (Å²) in [7, 11) is 4.11. The molecular weight excluding hydrogens is 376 g/mol. The molecule has 1 saturated carbocycles. The number of likely N-dealkylation sites (N-methyl/N-ethyl adjacent to an activating group) is 2. The average Bonchev–Trinajstić information content (AvgIpc) is 2.70. The Balaban J connectivity index is 1.73. The summed E-state index contributed by atoms with van der Waals surface area (Å²) in [6.45, 7) is 11.5. The third kappa shape index (κ3) is 6.51. The summed E-state index contributed by atoms with van der Waals surface area (Å²) < 4.78 is 0. The van der Waals surface area contributed by atoms with Gasteiger partial charge in [-0.15, -0.1) is 0 Å². The smallest absolute Gasteiger partial charge is 0.129 e. The maximum absolute atomic E-state index is 10.5. The van der Waals surface area contributed by atoms with E-state index < -0.39 is 0 Å². The maximum atomic E-state index is 10.5. The highest BCUT2D eigenvalue weighted by Gasteiger charge is 2.32. The largest absolute Gasteiger partial charge is 0.391 e. The van der Waals surface area contributed by atoms with Crippen LogP contribution < -0.4 is 5.32 Å². The van der Waals surface area contributed by atoms with Crippen molar-refractivity contribution in [2.45, 2.75) is 64.3 Å². The minimum absolute atomic E-state index is 0.164. The molecule has 6 nitrogen and oxygen atoms in total. The lowest BCUT2D eigenvalue weighted by Gasteiger charge is -2.34. The molecule has 1 aliphatic heterocycles. The van der Waals surface area contributed by atoms with Crippen molar-refractivity contribution in [2.24, 2.45) is 11.1 Å². The van der Waals surface area contributed by atoms with Crippen molar-refractivity contribution in [1.82, 2.24) is 15.1 Å². The number of nitrogens with one attached hydrogen (secondary N) is 1. The minimum atomic E-state index is -0.356. The lowest BCUT2D eigenvalue weighted by molar-refractivity contribution is -0.000753. The third-order valence-corrected chi connectivity index (χ3v) is 6.24. The Hall–Kier alpha value is -1.47. The molecule has 1 aromatic carbocycles. The Morgan fingerprint density at radius 3 is 2.37 bits per heavy atom. The van der Waals surface area contributed by atoms with Crippen LogP contribution in [0, 0.1) is 5.92 Å². The fourth-order valence-electron chi connectivity index (χ4n) is 4.33. The molecule has 168 valence electrons. The van der Waals surface area contributed by atoms with E-state index in [1.165, 1.54) is 5.56 Å². The van der Waals surface area contributed by atoms with Gasteiger partial charge < -0.3 is 20.2 Å². The average molecular weight is 417 g/mol. The van der Waals surface area contributed by atoms with Gasteiger partial charge in [-0.25, -0.2) is 0 Å². The van der Waals surface area contributed by atoms with Crippen molar-refractivity contribution in [3.63, 3.8) is 0 Å². The highest BCUT2D eigenvalue weighted by Crippen LogP contribution is 2.29. The maximum Gasteiger partial charge on any atom is 0.129 e. The Kier molecular flexibility index (Phi) is 7.91. The second-order valence-corrected chi connectivity index (χ2v) is 9.93. The molecule has 1 heterocycles. The van der Waals surface area contributed by atoms with Gasteiger partial charge in [-0.05, 0) is 65.3 Å². The number of oxime groups is 1. The minimum Gasteiger partial charge on any atom is -0.391 e. The lowest BCUT2D eigenvalue weighted by atomic mass is 9.79. The summed E-state index contributed by atoms with van der Waals surface area (Å²) in [6.07, 6.45) is 2.29. The topological polar surface area (TPSA) is 60.3 Å². The van der Waals surface area contributed by atoms with Crippen LogP contribution in [0.1, 0.15) is 51.2 Å². The van der Waals surface area contributed by atoms with Crippen LogP contribution in [0.2, 0.25) is 0 Å². The number of rotatable bonds is 6. The number of benzene rings is 1. The number of aliphatic hydroxyl groups is 1. The van der Waals surface area contributed by atoms with Gasteiger partial charge in [0.05, 0.1) is 11.8 Å². The van der Waals surface area contributed by atoms with Crippen LogP contribution in [0.5, 0.6) is 0 Å². The van der Waals surface area contributed by atoms with Crippen molar-refractivity contribution in [2.75, 3.05) is 40.3 Å². The first kappa shape index (κ1) is 23.2. The summed E-state index contributed by atoms with van der Waals surface area (Å²) >= 11 is 0. The van der Waals surface area contributed by atoms with Crippen molar-refractivity contribution in [3.05, 3.63) is 35.4 Å². The van der Waals surface area contributed by atoms with Crippen LogP contribution >= 0.6 is 0 Å². The van der Waals surface area contributed by atoms with Gasteiger partial charge in [-0.2, -0.15) is 0 Å². The van der Waals surface area contributed by atoms with Gasteiger partial charge in [0.15, 0.2) is 0 Å². The molecule has 3 atom stereocenters. The highest BCUT2D eigenvalue weighted by molar-refractivity contribution is 6.02. The molecule has 0 unspecified atom stereocenters. The molecule has 0 spiro atoms. The van der Waals surface area contributed by atoms with E-state index in [-0.39, 0.29) is 23.7 Å². The van der Waals surface area contributed by atoms with Crippen molar-refractivity contribution >= 4 is 5.71 Å². The second-order valence-electron chi connectivity index (χ2n) is 9.93. The fraction of sp³-hybridized carbons (Fsp3) is 0.708. The Morgan fingerprint density at radius 1 is 1.13 bits per heavy atom. The van der Waals surface area contributed by atoms with Gasteiger partial charge in [-0.1, -0.05) is 29.4 Å². The zero-order valence-electron chi connectivity index (χ0n) is 19.4. The van der Waals surface area contributed by atoms with Gasteiger partial charge in [0.1, 0.15) is 5.60 Å². The third-order valence-electron chi connectivity index (χ3n) is 6.24. The van der Waals surface area contributed by atoms with E-state index in [9.17, 15) is 5.11 Å². The van der Waals surface area contributed by atoms with Crippen LogP contribution in [0.4, 0.5) is 0 Å². The first-order valence-electron chi connectivity index (χ1n) is 11.4. The molecule has 0 radical (unpaired) electrons. The number of hydrogen-bond donors (Lipinski definition) is 2. The van der Waals surface area contributed by atoms with Gasteiger partial charge in [-0.3, -0.25) is 4.90 Å². The monoisotopic (exact) mass is 416 g/mol. The Bertz CT molecular complexity index is 690. The molecule has 0 bridgehead atoms. The predicted octanol–water partition coefficient (Wildman–Crippen LogP) is 2.70. The van der Waals surface area contributed by atoms with E-state index in [1.807, 2.05) is 27.8 Å². The quantitative estimate of drug-likeness (QED) is 0.552. The summed E-state index contributed by atoms with van der Waals surface area (Å²) in [5.74, 6) is 0.204. The molecule has 2 aliphatic rings. The van der Waals surface area contributed by atoms with Gasteiger partial charge in [0, 0.05) is 44.7 Å². The molecule has 0 aromatic heterocycles. The van der Waals surface area contributed by atoms with Crippen LogP contribution in [-0.2, 0) is 11.4 Å². The summed E-state index contributed by atoms with van der Waals surface area (Å²) in [6, 6.07) is 8.95. The summed E-state index contributed by atoms with van der Waals surface area (Å²) in [5, 5.41) is 18.4. The zero-order valence-corrected chi connectivity index (χ0v) is 19.4. The fourth-order valence-corrected chi connectivity index (χ4v) is 4.33. The summed E-state index contributed by atoms with van der Waals surface area (Å²) in [4.78, 5) is 10.7. The molecule has 1 aromatic rings. The van der Waals surface area contributed by atoms with E-state index in [4.69, 9.17) is 4.84 Å². The lowest BCUT2D eigenvalue weighted by Crippen LogP contribution is -2.44. The normalized spacial score (nSPS) is 27.3. The Labute approximate surface area is 182 Å². The number of aliphatic hydroxyl groups excluding tert-OH is 1. The van der Waals surface area contributed by atoms with E-state index in [2.05, 4.69) is 51.6 Å². The summed E-state index contributed by atoms with van der Waals surface area (Å²) in [5.41, 5.74) is 3.05. The van der Waals surface area contributed by atoms with Crippen LogP contribution in [0.15, 0.2) is 29.4 Å². The molecule has 2 N–H and O–H groups in total. The number of piperazine rings is 1. The van der Waals surface area contributed by atoms with Crippen LogP contribution in [0.3, 0.4) is 0 Å². The standard InChI is InChI=1S/C24H40N4O2/c1-24(2,3)30-26-23(20-10-11-21(25-4)22(29)16-20)19-8-6-18(7-9-19)17-28-14-12-27(5)13-15-28/h6-9,20-22,25,29H,10-17H2,1-5H3/b26-23+/t20-,21+,22+/m0/s1. The van der Waals surface area contributed by atoms with Crippen LogP contribution in [-0.4, -0.2) is 78.6 Å². The Morgan fingerprint density at radius 2 is 1.80 bits per heavy atom. The predicted molar refractivity (Wildman–Crippen MR) is 123 cm³/mol. The highest BCUT2D eigenvalue weighted by atomic mass is 16.6. The van der Waals surface area contributed by atoms with Crippen molar-refractivity contribution < 1.29 is 9.94 Å². The van der Waals surface area contributed by atoms with Crippen molar-refractivity contribution in [3.8, 4) is 0 Å². The molecular formula is C24H40N4O2. The SMILES string of the molecule is CN[C@@H]1CC[C@H](/C(=N/OC(C)(C)C)c2ccc(CN3CCN(C)CC3)cc2)C[C@H]1O. The molecule has 2 fully saturated rings. The van der Waals surface area contributed by atoms with Gasteiger partial charge in [0.2, 0.25) is 0 Å². The molecule has 6 heteroatoms.